The molecule has 4 heterocycles. The van der Waals surface area contributed by atoms with Crippen LogP contribution in [0.5, 0.6) is 0 Å². The zero-order chi connectivity index (χ0) is 23.7. The molecule has 2 aliphatic heterocycles. The Morgan fingerprint density at radius 3 is 2.53 bits per heavy atom. The molecule has 0 unspecified atom stereocenters. The number of nitrogens with one attached hydrogen (secondary N) is 1. The average molecular weight is 467 g/mol. The maximum absolute atomic E-state index is 12.3. The minimum atomic E-state index is -0.130. The quantitative estimate of drug-likeness (QED) is 0.604. The first kappa shape index (κ1) is 22.5. The van der Waals surface area contributed by atoms with Gasteiger partial charge in [-0.3, -0.25) is 10.1 Å². The van der Waals surface area contributed by atoms with Crippen molar-refractivity contribution in [1.82, 2.24) is 24.5 Å². The van der Waals surface area contributed by atoms with Crippen LogP contribution in [0.2, 0.25) is 0 Å². The van der Waals surface area contributed by atoms with E-state index < -0.39 is 0 Å². The van der Waals surface area contributed by atoms with Gasteiger partial charge >= 0.3 is 0 Å². The number of amides is 1. The Morgan fingerprint density at radius 2 is 1.74 bits per heavy atom. The van der Waals surface area contributed by atoms with E-state index in [2.05, 4.69) is 33.9 Å². The Labute approximate surface area is 198 Å². The number of morpholine rings is 2. The molecule has 0 spiro atoms. The molecule has 2 saturated heterocycles. The second kappa shape index (κ2) is 9.51. The molecule has 34 heavy (non-hydrogen) atoms. The van der Waals surface area contributed by atoms with E-state index in [-0.39, 0.29) is 18.1 Å². The van der Waals surface area contributed by atoms with Crippen LogP contribution in [-0.4, -0.2) is 82.0 Å². The molecule has 0 bridgehead atoms. The number of aromatic nitrogens is 5. The molecular weight excluding hydrogens is 436 g/mol. The Bertz CT molecular complexity index is 1180. The maximum atomic E-state index is 12.3. The number of hydrogen-bond acceptors (Lipinski definition) is 9. The molecule has 3 aromatic rings. The Balaban J connectivity index is 1.67. The summed E-state index contributed by atoms with van der Waals surface area (Å²) in [4.78, 5) is 35.8. The predicted molar refractivity (Wildman–Crippen MR) is 129 cm³/mol. The number of ether oxygens (including phenoxy) is 2. The second-order valence-electron chi connectivity index (χ2n) is 8.51. The van der Waals surface area contributed by atoms with Crippen molar-refractivity contribution in [2.75, 3.05) is 54.6 Å². The van der Waals surface area contributed by atoms with Crippen molar-refractivity contribution in [3.8, 4) is 5.95 Å². The first-order chi connectivity index (χ1) is 16.5. The summed E-state index contributed by atoms with van der Waals surface area (Å²) in [5, 5.41) is 2.91. The van der Waals surface area contributed by atoms with Gasteiger partial charge in [0.1, 0.15) is 0 Å². The molecule has 2 atom stereocenters. The summed E-state index contributed by atoms with van der Waals surface area (Å²) in [5.74, 6) is 1.84. The highest BCUT2D eigenvalue weighted by Gasteiger charge is 2.30. The van der Waals surface area contributed by atoms with Crippen molar-refractivity contribution in [3.63, 3.8) is 0 Å². The first-order valence-corrected chi connectivity index (χ1v) is 11.8. The third-order valence-corrected chi connectivity index (χ3v) is 6.37. The number of hydrogen-bond donors (Lipinski definition) is 1. The first-order valence-electron chi connectivity index (χ1n) is 11.8. The topological polar surface area (TPSA) is 111 Å². The molecule has 1 amide bonds. The fourth-order valence-electron chi connectivity index (χ4n) is 4.22. The number of imidazole rings is 1. The zero-order valence-electron chi connectivity index (χ0n) is 19.8. The third-order valence-electron chi connectivity index (χ3n) is 6.37. The van der Waals surface area contributed by atoms with Gasteiger partial charge in [-0.05, 0) is 26.0 Å². The zero-order valence-corrected chi connectivity index (χ0v) is 19.8. The van der Waals surface area contributed by atoms with E-state index >= 15 is 0 Å². The standard InChI is InChI=1S/C23H30N8O3/c1-4-19(32)25-22-24-17-7-5-6-8-18(17)31(22)23-27-20(29-9-12-33-13-10-29)26-21(28-23)30-11-14-34-16(3)15(30)2/h5-8,15-16H,4,9-14H2,1-3H3,(H,24,25,32)/t15-,16-/m0/s1. The lowest BCUT2D eigenvalue weighted by atomic mass is 10.1. The SMILES string of the molecule is CCC(=O)Nc1nc2ccccc2n1-c1nc(N2CCOCC2)nc(N2CCO[C@@H](C)[C@@H]2C)n1. The van der Waals surface area contributed by atoms with Gasteiger partial charge in [0.2, 0.25) is 29.7 Å². The van der Waals surface area contributed by atoms with Crippen LogP contribution in [-0.2, 0) is 14.3 Å². The summed E-state index contributed by atoms with van der Waals surface area (Å²) in [5.41, 5.74) is 1.56. The van der Waals surface area contributed by atoms with Crippen LogP contribution >= 0.6 is 0 Å². The van der Waals surface area contributed by atoms with E-state index in [1.165, 1.54) is 0 Å². The Kier molecular flexibility index (Phi) is 6.29. The maximum Gasteiger partial charge on any atom is 0.243 e. The highest BCUT2D eigenvalue weighted by molar-refractivity contribution is 5.92. The van der Waals surface area contributed by atoms with Gasteiger partial charge in [0, 0.05) is 26.1 Å². The van der Waals surface area contributed by atoms with E-state index in [0.717, 1.165) is 11.0 Å². The molecule has 2 aliphatic rings. The monoisotopic (exact) mass is 466 g/mol. The van der Waals surface area contributed by atoms with Crippen molar-refractivity contribution in [3.05, 3.63) is 24.3 Å². The van der Waals surface area contributed by atoms with Crippen molar-refractivity contribution in [1.29, 1.82) is 0 Å². The van der Waals surface area contributed by atoms with Gasteiger partial charge in [0.05, 0.1) is 43.0 Å². The lowest BCUT2D eigenvalue weighted by Gasteiger charge is -2.38. The lowest BCUT2D eigenvalue weighted by molar-refractivity contribution is -0.115. The molecule has 5 rings (SSSR count). The van der Waals surface area contributed by atoms with Crippen molar-refractivity contribution in [2.24, 2.45) is 0 Å². The van der Waals surface area contributed by atoms with E-state index in [1.807, 2.05) is 24.3 Å². The summed E-state index contributed by atoms with van der Waals surface area (Å²) in [6, 6.07) is 7.80. The summed E-state index contributed by atoms with van der Waals surface area (Å²) in [6.45, 7) is 9.89. The fraction of sp³-hybridized carbons (Fsp3) is 0.522. The van der Waals surface area contributed by atoms with Crippen LogP contribution in [0.3, 0.4) is 0 Å². The Morgan fingerprint density at radius 1 is 1.00 bits per heavy atom. The highest BCUT2D eigenvalue weighted by Crippen LogP contribution is 2.27. The van der Waals surface area contributed by atoms with Crippen molar-refractivity contribution < 1.29 is 14.3 Å². The van der Waals surface area contributed by atoms with E-state index in [1.54, 1.807) is 11.5 Å². The van der Waals surface area contributed by atoms with Crippen molar-refractivity contribution in [2.45, 2.75) is 39.3 Å². The molecule has 0 saturated carbocycles. The number of para-hydroxylation sites is 2. The summed E-state index contributed by atoms with van der Waals surface area (Å²) < 4.78 is 13.2. The average Bonchev–Trinajstić information content (AvgIpc) is 3.23. The second-order valence-corrected chi connectivity index (χ2v) is 8.51. The van der Waals surface area contributed by atoms with Gasteiger partial charge in [-0.2, -0.15) is 15.0 Å². The van der Waals surface area contributed by atoms with Crippen LogP contribution in [0.15, 0.2) is 24.3 Å². The Hall–Kier alpha value is -3.31. The number of nitrogens with zero attached hydrogens (tertiary/aromatic N) is 7. The van der Waals surface area contributed by atoms with Crippen LogP contribution in [0.1, 0.15) is 27.2 Å². The predicted octanol–water partition coefficient (Wildman–Crippen LogP) is 2.01. The smallest absolute Gasteiger partial charge is 0.243 e. The molecular formula is C23H30N8O3. The number of anilines is 3. The molecule has 2 aromatic heterocycles. The molecule has 11 heteroatoms. The van der Waals surface area contributed by atoms with Crippen LogP contribution in [0.25, 0.3) is 17.0 Å². The van der Waals surface area contributed by atoms with E-state index in [4.69, 9.17) is 24.4 Å². The lowest BCUT2D eigenvalue weighted by Crippen LogP contribution is -2.49. The van der Waals surface area contributed by atoms with Gasteiger partial charge < -0.3 is 19.3 Å². The summed E-state index contributed by atoms with van der Waals surface area (Å²) >= 11 is 0. The number of carbonyl (C=O) groups is 1. The fourth-order valence-corrected chi connectivity index (χ4v) is 4.22. The molecule has 2 fully saturated rings. The number of fused-ring (bicyclic) bond motifs is 1. The number of benzene rings is 1. The normalized spacial score (nSPS) is 21.1. The molecule has 1 N–H and O–H groups in total. The third kappa shape index (κ3) is 4.28. The van der Waals surface area contributed by atoms with Crippen LogP contribution in [0, 0.1) is 0 Å². The molecule has 180 valence electrons. The minimum Gasteiger partial charge on any atom is -0.378 e. The number of rotatable bonds is 5. The van der Waals surface area contributed by atoms with Gasteiger partial charge in [0.25, 0.3) is 0 Å². The van der Waals surface area contributed by atoms with E-state index in [9.17, 15) is 4.79 Å². The summed E-state index contributed by atoms with van der Waals surface area (Å²) in [6.07, 6.45) is 0.391. The largest absolute Gasteiger partial charge is 0.378 e. The highest BCUT2D eigenvalue weighted by atomic mass is 16.5. The summed E-state index contributed by atoms with van der Waals surface area (Å²) in [7, 11) is 0. The molecule has 11 nitrogen and oxygen atoms in total. The van der Waals surface area contributed by atoms with Gasteiger partial charge in [-0.1, -0.05) is 19.1 Å². The molecule has 1 aromatic carbocycles. The van der Waals surface area contributed by atoms with Crippen LogP contribution in [0.4, 0.5) is 17.8 Å². The van der Waals surface area contributed by atoms with Crippen LogP contribution < -0.4 is 15.1 Å². The van der Waals surface area contributed by atoms with Gasteiger partial charge in [0.15, 0.2) is 0 Å². The molecule has 0 aliphatic carbocycles. The van der Waals surface area contributed by atoms with Gasteiger partial charge in [-0.25, -0.2) is 9.55 Å². The number of carbonyl (C=O) groups excluding carboxylic acids is 1. The minimum absolute atomic E-state index is 0.0503. The van der Waals surface area contributed by atoms with Crippen molar-refractivity contribution >= 4 is 34.8 Å². The van der Waals surface area contributed by atoms with Gasteiger partial charge in [-0.15, -0.1) is 0 Å². The molecule has 0 radical (unpaired) electrons. The van der Waals surface area contributed by atoms with E-state index in [0.29, 0.717) is 69.7 Å².